The first-order valence-electron chi connectivity index (χ1n) is 6.75. The summed E-state index contributed by atoms with van der Waals surface area (Å²) in [7, 11) is 0. The van der Waals surface area contributed by atoms with Crippen LogP contribution < -0.4 is 5.32 Å². The molecule has 0 spiro atoms. The van der Waals surface area contributed by atoms with Crippen LogP contribution in [-0.2, 0) is 4.74 Å². The summed E-state index contributed by atoms with van der Waals surface area (Å²) < 4.78 is 5.30. The maximum atomic E-state index is 11.0. The van der Waals surface area contributed by atoms with Crippen LogP contribution in [0.1, 0.15) is 12.6 Å². The van der Waals surface area contributed by atoms with Gasteiger partial charge in [0.1, 0.15) is 0 Å². The highest BCUT2D eigenvalue weighted by Crippen LogP contribution is 2.22. The number of nitrogens with one attached hydrogen (secondary N) is 1. The van der Waals surface area contributed by atoms with Crippen molar-refractivity contribution in [3.05, 3.63) is 27.9 Å². The van der Waals surface area contributed by atoms with Crippen molar-refractivity contribution >= 4 is 11.5 Å². The Balaban J connectivity index is 2.00. The molecule has 1 aliphatic heterocycles. The number of aromatic nitrogens is 1. The predicted octanol–water partition coefficient (Wildman–Crippen LogP) is 1.43. The van der Waals surface area contributed by atoms with Crippen LogP contribution in [-0.4, -0.2) is 53.7 Å². The van der Waals surface area contributed by atoms with Crippen molar-refractivity contribution in [3.8, 4) is 0 Å². The minimum atomic E-state index is -0.407. The summed E-state index contributed by atoms with van der Waals surface area (Å²) in [5, 5.41) is 14.1. The van der Waals surface area contributed by atoms with Gasteiger partial charge in [-0.1, -0.05) is 0 Å². The molecule has 0 amide bonds. The Morgan fingerprint density at radius 1 is 1.50 bits per heavy atom. The molecule has 0 aliphatic carbocycles. The molecule has 7 heteroatoms. The first-order valence-corrected chi connectivity index (χ1v) is 6.75. The standard InChI is InChI=1S/C13H20N4O3/c1-10-3-4-12(17(18)19)13(14-10)15-11(2)9-16-5-7-20-8-6-16/h3-4,11H,5-9H2,1-2H3,(H,14,15). The van der Waals surface area contributed by atoms with E-state index in [0.717, 1.165) is 38.5 Å². The Morgan fingerprint density at radius 3 is 2.85 bits per heavy atom. The largest absolute Gasteiger partial charge is 0.379 e. The lowest BCUT2D eigenvalue weighted by Gasteiger charge is -2.29. The minimum Gasteiger partial charge on any atom is -0.379 e. The van der Waals surface area contributed by atoms with Crippen LogP contribution >= 0.6 is 0 Å². The lowest BCUT2D eigenvalue weighted by atomic mass is 10.2. The second-order valence-electron chi connectivity index (χ2n) is 5.04. The van der Waals surface area contributed by atoms with E-state index in [1.807, 2.05) is 13.8 Å². The summed E-state index contributed by atoms with van der Waals surface area (Å²) in [4.78, 5) is 17.1. The monoisotopic (exact) mass is 280 g/mol. The van der Waals surface area contributed by atoms with E-state index in [2.05, 4.69) is 15.2 Å². The van der Waals surface area contributed by atoms with Crippen molar-refractivity contribution in [3.63, 3.8) is 0 Å². The highest BCUT2D eigenvalue weighted by Gasteiger charge is 2.19. The van der Waals surface area contributed by atoms with Gasteiger partial charge in [-0.25, -0.2) is 4.98 Å². The van der Waals surface area contributed by atoms with Gasteiger partial charge < -0.3 is 10.1 Å². The van der Waals surface area contributed by atoms with E-state index in [1.54, 1.807) is 6.07 Å². The molecule has 2 heterocycles. The highest BCUT2D eigenvalue weighted by atomic mass is 16.6. The topological polar surface area (TPSA) is 80.5 Å². The molecule has 1 fully saturated rings. The quantitative estimate of drug-likeness (QED) is 0.649. The van der Waals surface area contributed by atoms with Crippen LogP contribution in [0.4, 0.5) is 11.5 Å². The molecule has 0 saturated carbocycles. The van der Waals surface area contributed by atoms with Crippen LogP contribution in [0, 0.1) is 17.0 Å². The highest BCUT2D eigenvalue weighted by molar-refractivity contribution is 5.56. The third-order valence-electron chi connectivity index (χ3n) is 3.23. The van der Waals surface area contributed by atoms with E-state index in [1.165, 1.54) is 6.07 Å². The van der Waals surface area contributed by atoms with Gasteiger partial charge in [-0.15, -0.1) is 0 Å². The second-order valence-corrected chi connectivity index (χ2v) is 5.04. The lowest BCUT2D eigenvalue weighted by Crippen LogP contribution is -2.42. The summed E-state index contributed by atoms with van der Waals surface area (Å²) in [6.45, 7) is 7.93. The lowest BCUT2D eigenvalue weighted by molar-refractivity contribution is -0.384. The second kappa shape index (κ2) is 6.62. The Bertz CT molecular complexity index is 475. The van der Waals surface area contributed by atoms with Gasteiger partial charge in [0.25, 0.3) is 0 Å². The molecular formula is C13H20N4O3. The number of nitro groups is 1. The van der Waals surface area contributed by atoms with Crippen molar-refractivity contribution in [1.82, 2.24) is 9.88 Å². The predicted molar refractivity (Wildman–Crippen MR) is 76.0 cm³/mol. The van der Waals surface area contributed by atoms with Gasteiger partial charge in [-0.3, -0.25) is 15.0 Å². The maximum absolute atomic E-state index is 11.0. The van der Waals surface area contributed by atoms with E-state index in [4.69, 9.17) is 4.74 Å². The van der Waals surface area contributed by atoms with Gasteiger partial charge in [0, 0.05) is 37.4 Å². The number of anilines is 1. The van der Waals surface area contributed by atoms with Gasteiger partial charge >= 0.3 is 5.69 Å². The summed E-state index contributed by atoms with van der Waals surface area (Å²) >= 11 is 0. The molecule has 2 rings (SSSR count). The number of ether oxygens (including phenoxy) is 1. The van der Waals surface area contributed by atoms with Crippen molar-refractivity contribution in [2.24, 2.45) is 0 Å². The van der Waals surface area contributed by atoms with Crippen molar-refractivity contribution in [2.75, 3.05) is 38.2 Å². The zero-order chi connectivity index (χ0) is 14.5. The molecule has 1 saturated heterocycles. The average molecular weight is 280 g/mol. The van der Waals surface area contributed by atoms with Crippen LogP contribution in [0.5, 0.6) is 0 Å². The summed E-state index contributed by atoms with van der Waals surface area (Å²) in [6.07, 6.45) is 0. The number of rotatable bonds is 5. The molecule has 0 radical (unpaired) electrons. The van der Waals surface area contributed by atoms with E-state index in [-0.39, 0.29) is 11.7 Å². The molecule has 0 aromatic carbocycles. The molecule has 1 atom stereocenters. The number of hydrogen-bond acceptors (Lipinski definition) is 6. The molecule has 0 bridgehead atoms. The molecule has 20 heavy (non-hydrogen) atoms. The zero-order valence-corrected chi connectivity index (χ0v) is 11.8. The molecule has 1 N–H and O–H groups in total. The maximum Gasteiger partial charge on any atom is 0.311 e. The van der Waals surface area contributed by atoms with Gasteiger partial charge in [0.2, 0.25) is 5.82 Å². The molecular weight excluding hydrogens is 260 g/mol. The molecule has 1 aromatic heterocycles. The SMILES string of the molecule is Cc1ccc([N+](=O)[O-])c(NC(C)CN2CCOCC2)n1. The van der Waals surface area contributed by atoms with E-state index in [9.17, 15) is 10.1 Å². The van der Waals surface area contributed by atoms with Crippen LogP contribution in [0.3, 0.4) is 0 Å². The van der Waals surface area contributed by atoms with Crippen molar-refractivity contribution in [1.29, 1.82) is 0 Å². The minimum absolute atomic E-state index is 0.0180. The summed E-state index contributed by atoms with van der Waals surface area (Å²) in [6, 6.07) is 3.23. The Labute approximate surface area is 118 Å². The van der Waals surface area contributed by atoms with Gasteiger partial charge in [0.15, 0.2) is 0 Å². The molecule has 7 nitrogen and oxygen atoms in total. The van der Waals surface area contributed by atoms with E-state index in [0.29, 0.717) is 5.82 Å². The summed E-state index contributed by atoms with van der Waals surface area (Å²) in [5.41, 5.74) is 0.779. The molecule has 110 valence electrons. The Kier molecular flexibility index (Phi) is 4.86. The van der Waals surface area contributed by atoms with Crippen LogP contribution in [0.15, 0.2) is 12.1 Å². The molecule has 1 aliphatic rings. The third kappa shape index (κ3) is 3.88. The van der Waals surface area contributed by atoms with Gasteiger partial charge in [-0.2, -0.15) is 0 Å². The fraction of sp³-hybridized carbons (Fsp3) is 0.615. The number of hydrogen-bond donors (Lipinski definition) is 1. The first kappa shape index (κ1) is 14.7. The summed E-state index contributed by atoms with van der Waals surface area (Å²) in [5.74, 6) is 0.343. The fourth-order valence-electron chi connectivity index (χ4n) is 2.25. The molecule has 1 aromatic rings. The number of morpholine rings is 1. The third-order valence-corrected chi connectivity index (χ3v) is 3.23. The van der Waals surface area contributed by atoms with E-state index >= 15 is 0 Å². The number of aryl methyl sites for hydroxylation is 1. The average Bonchev–Trinajstić information content (AvgIpc) is 2.39. The first-order chi connectivity index (χ1) is 9.56. The number of pyridine rings is 1. The Hall–Kier alpha value is -1.73. The van der Waals surface area contributed by atoms with Crippen LogP contribution in [0.2, 0.25) is 0 Å². The normalized spacial score (nSPS) is 17.7. The van der Waals surface area contributed by atoms with Crippen molar-refractivity contribution in [2.45, 2.75) is 19.9 Å². The Morgan fingerprint density at radius 2 is 2.20 bits per heavy atom. The van der Waals surface area contributed by atoms with Gasteiger partial charge in [-0.05, 0) is 19.9 Å². The van der Waals surface area contributed by atoms with Crippen LogP contribution in [0.25, 0.3) is 0 Å². The van der Waals surface area contributed by atoms with Gasteiger partial charge in [0.05, 0.1) is 18.1 Å². The zero-order valence-electron chi connectivity index (χ0n) is 11.8. The fourth-order valence-corrected chi connectivity index (χ4v) is 2.25. The van der Waals surface area contributed by atoms with Crippen molar-refractivity contribution < 1.29 is 9.66 Å². The number of nitrogens with zero attached hydrogens (tertiary/aromatic N) is 3. The smallest absolute Gasteiger partial charge is 0.311 e. The molecule has 1 unspecified atom stereocenters. The van der Waals surface area contributed by atoms with E-state index < -0.39 is 4.92 Å².